The third-order valence-electron chi connectivity index (χ3n) is 1.86. The Balaban J connectivity index is 2.72. The van der Waals surface area contributed by atoms with Crippen LogP contribution in [0.1, 0.15) is 38.1 Å². The third kappa shape index (κ3) is 5.14. The van der Waals surface area contributed by atoms with E-state index in [4.69, 9.17) is 15.2 Å². The number of hydrogen-bond donors (Lipinski definition) is 1. The molecule has 1 rings (SSSR count). The van der Waals surface area contributed by atoms with Crippen LogP contribution in [0.5, 0.6) is 5.88 Å². The van der Waals surface area contributed by atoms with Gasteiger partial charge in [-0.15, -0.1) is 0 Å². The van der Waals surface area contributed by atoms with E-state index in [0.717, 1.165) is 0 Å². The number of esters is 1. The van der Waals surface area contributed by atoms with Gasteiger partial charge in [0.15, 0.2) is 0 Å². The van der Waals surface area contributed by atoms with Gasteiger partial charge in [0.05, 0.1) is 5.56 Å². The Morgan fingerprint density at radius 2 is 2.17 bits per heavy atom. The summed E-state index contributed by atoms with van der Waals surface area (Å²) in [5.74, 6) is -0.0220. The van der Waals surface area contributed by atoms with Gasteiger partial charge in [-0.2, -0.15) is 0 Å². The Bertz CT molecular complexity index is 411. The fourth-order valence-corrected chi connectivity index (χ4v) is 1.17. The summed E-state index contributed by atoms with van der Waals surface area (Å²) < 4.78 is 10.6. The summed E-state index contributed by atoms with van der Waals surface area (Å²) in [6, 6.07) is 3.06. The molecule has 5 heteroatoms. The molecule has 1 atom stereocenters. The first-order valence-corrected chi connectivity index (χ1v) is 5.86. The van der Waals surface area contributed by atoms with Crippen LogP contribution < -0.4 is 10.5 Å². The highest BCUT2D eigenvalue weighted by Crippen LogP contribution is 2.15. The van der Waals surface area contributed by atoms with E-state index in [0.29, 0.717) is 18.1 Å². The maximum absolute atomic E-state index is 11.8. The summed E-state index contributed by atoms with van der Waals surface area (Å²) in [7, 11) is 0. The zero-order valence-corrected chi connectivity index (χ0v) is 11.3. The van der Waals surface area contributed by atoms with Gasteiger partial charge in [0.1, 0.15) is 12.2 Å². The molecule has 0 saturated heterocycles. The highest BCUT2D eigenvalue weighted by molar-refractivity contribution is 5.89. The van der Waals surface area contributed by atoms with E-state index in [1.54, 1.807) is 12.1 Å². The minimum Gasteiger partial charge on any atom is -0.476 e. The SMILES string of the molecule is CC(N)COc1cc(C(=O)OC(C)(C)C)ccn1. The van der Waals surface area contributed by atoms with E-state index in [-0.39, 0.29) is 6.04 Å². The standard InChI is InChI=1S/C13H20N2O3/c1-9(14)8-17-11-7-10(5-6-15-11)12(16)18-13(2,3)4/h5-7,9H,8,14H2,1-4H3. The molecule has 1 heterocycles. The van der Waals surface area contributed by atoms with Crippen molar-refractivity contribution in [2.45, 2.75) is 39.3 Å². The Morgan fingerprint density at radius 1 is 1.50 bits per heavy atom. The fraction of sp³-hybridized carbons (Fsp3) is 0.538. The molecule has 2 N–H and O–H groups in total. The summed E-state index contributed by atoms with van der Waals surface area (Å²) in [5.41, 5.74) is 5.47. The molecule has 0 saturated carbocycles. The zero-order valence-electron chi connectivity index (χ0n) is 11.3. The van der Waals surface area contributed by atoms with Crippen molar-refractivity contribution in [3.05, 3.63) is 23.9 Å². The summed E-state index contributed by atoms with van der Waals surface area (Å²) in [4.78, 5) is 15.8. The van der Waals surface area contributed by atoms with E-state index >= 15 is 0 Å². The topological polar surface area (TPSA) is 74.4 Å². The lowest BCUT2D eigenvalue weighted by atomic mass is 10.2. The second-order valence-corrected chi connectivity index (χ2v) is 5.17. The molecule has 0 spiro atoms. The number of pyridine rings is 1. The predicted molar refractivity (Wildman–Crippen MR) is 68.5 cm³/mol. The minimum absolute atomic E-state index is 0.0861. The Morgan fingerprint density at radius 3 is 2.72 bits per heavy atom. The molecule has 5 nitrogen and oxygen atoms in total. The van der Waals surface area contributed by atoms with Crippen molar-refractivity contribution in [3.63, 3.8) is 0 Å². The molecule has 18 heavy (non-hydrogen) atoms. The van der Waals surface area contributed by atoms with Gasteiger partial charge >= 0.3 is 5.97 Å². The first-order valence-electron chi connectivity index (χ1n) is 5.86. The van der Waals surface area contributed by atoms with Crippen molar-refractivity contribution in [1.82, 2.24) is 4.98 Å². The largest absolute Gasteiger partial charge is 0.476 e. The number of aromatic nitrogens is 1. The lowest BCUT2D eigenvalue weighted by Gasteiger charge is -2.19. The summed E-state index contributed by atoms with van der Waals surface area (Å²) in [5, 5.41) is 0. The van der Waals surface area contributed by atoms with Gasteiger partial charge in [0.2, 0.25) is 5.88 Å². The second-order valence-electron chi connectivity index (χ2n) is 5.17. The molecule has 1 unspecified atom stereocenters. The summed E-state index contributed by atoms with van der Waals surface area (Å²) in [6.07, 6.45) is 1.51. The number of nitrogens with two attached hydrogens (primary N) is 1. The smallest absolute Gasteiger partial charge is 0.338 e. The molecule has 0 aliphatic carbocycles. The van der Waals surface area contributed by atoms with Gasteiger partial charge < -0.3 is 15.2 Å². The number of rotatable bonds is 4. The average Bonchev–Trinajstić information content (AvgIpc) is 2.24. The van der Waals surface area contributed by atoms with Crippen LogP contribution in [0.4, 0.5) is 0 Å². The van der Waals surface area contributed by atoms with Crippen LogP contribution in [-0.2, 0) is 4.74 Å². The molecular formula is C13H20N2O3. The van der Waals surface area contributed by atoms with Gasteiger partial charge in [-0.25, -0.2) is 9.78 Å². The van der Waals surface area contributed by atoms with Crippen molar-refractivity contribution in [2.24, 2.45) is 5.73 Å². The van der Waals surface area contributed by atoms with E-state index in [1.165, 1.54) is 6.20 Å². The molecule has 0 fully saturated rings. The van der Waals surface area contributed by atoms with Gasteiger partial charge in [0.25, 0.3) is 0 Å². The fourth-order valence-electron chi connectivity index (χ4n) is 1.17. The molecular weight excluding hydrogens is 232 g/mol. The number of carbonyl (C=O) groups excluding carboxylic acids is 1. The van der Waals surface area contributed by atoms with Gasteiger partial charge in [-0.3, -0.25) is 0 Å². The number of ether oxygens (including phenoxy) is 2. The maximum Gasteiger partial charge on any atom is 0.338 e. The zero-order chi connectivity index (χ0) is 13.8. The predicted octanol–water partition coefficient (Wildman–Crippen LogP) is 1.76. The average molecular weight is 252 g/mol. The first kappa shape index (κ1) is 14.4. The highest BCUT2D eigenvalue weighted by atomic mass is 16.6. The molecule has 0 amide bonds. The minimum atomic E-state index is -0.521. The monoisotopic (exact) mass is 252 g/mol. The van der Waals surface area contributed by atoms with E-state index in [2.05, 4.69) is 4.98 Å². The van der Waals surface area contributed by atoms with Crippen molar-refractivity contribution in [1.29, 1.82) is 0 Å². The van der Waals surface area contributed by atoms with Crippen molar-refractivity contribution in [3.8, 4) is 5.88 Å². The van der Waals surface area contributed by atoms with Crippen LogP contribution in [0.2, 0.25) is 0 Å². The first-order chi connectivity index (χ1) is 8.28. The third-order valence-corrected chi connectivity index (χ3v) is 1.86. The summed E-state index contributed by atoms with van der Waals surface area (Å²) >= 11 is 0. The Labute approximate surface area is 107 Å². The van der Waals surface area contributed by atoms with E-state index in [1.807, 2.05) is 27.7 Å². The Kier molecular flexibility index (Phi) is 4.67. The van der Waals surface area contributed by atoms with Crippen molar-refractivity contribution >= 4 is 5.97 Å². The van der Waals surface area contributed by atoms with Gasteiger partial charge in [-0.1, -0.05) is 0 Å². The maximum atomic E-state index is 11.8. The molecule has 100 valence electrons. The number of carbonyl (C=O) groups is 1. The van der Waals surface area contributed by atoms with E-state index in [9.17, 15) is 4.79 Å². The normalized spacial score (nSPS) is 12.9. The lowest BCUT2D eigenvalue weighted by molar-refractivity contribution is 0.00689. The molecule has 1 aromatic heterocycles. The Hall–Kier alpha value is -1.62. The van der Waals surface area contributed by atoms with Crippen LogP contribution in [0.25, 0.3) is 0 Å². The van der Waals surface area contributed by atoms with Crippen LogP contribution in [0.3, 0.4) is 0 Å². The number of hydrogen-bond acceptors (Lipinski definition) is 5. The van der Waals surface area contributed by atoms with Crippen molar-refractivity contribution in [2.75, 3.05) is 6.61 Å². The summed E-state index contributed by atoms with van der Waals surface area (Å²) in [6.45, 7) is 7.64. The van der Waals surface area contributed by atoms with Crippen LogP contribution in [0, 0.1) is 0 Å². The van der Waals surface area contributed by atoms with Crippen LogP contribution >= 0.6 is 0 Å². The second kappa shape index (κ2) is 5.82. The molecule has 1 aromatic rings. The number of nitrogens with zero attached hydrogens (tertiary/aromatic N) is 1. The molecule has 0 aliphatic rings. The molecule has 0 aliphatic heterocycles. The lowest BCUT2D eigenvalue weighted by Crippen LogP contribution is -2.25. The van der Waals surface area contributed by atoms with E-state index < -0.39 is 11.6 Å². The van der Waals surface area contributed by atoms with Gasteiger partial charge in [0, 0.05) is 18.3 Å². The molecule has 0 radical (unpaired) electrons. The van der Waals surface area contributed by atoms with Crippen molar-refractivity contribution < 1.29 is 14.3 Å². The molecule has 0 aromatic carbocycles. The molecule has 0 bridgehead atoms. The quantitative estimate of drug-likeness (QED) is 0.826. The highest BCUT2D eigenvalue weighted by Gasteiger charge is 2.18. The van der Waals surface area contributed by atoms with Gasteiger partial charge in [-0.05, 0) is 33.8 Å². The van der Waals surface area contributed by atoms with Crippen LogP contribution in [-0.4, -0.2) is 29.2 Å². The van der Waals surface area contributed by atoms with Crippen LogP contribution in [0.15, 0.2) is 18.3 Å².